The maximum Gasteiger partial charge on any atom is 0.163 e. The number of allylic oxidation sites excluding steroid dienone is 2. The fourth-order valence-electron chi connectivity index (χ4n) is 1.91. The van der Waals surface area contributed by atoms with Gasteiger partial charge in [-0.25, -0.2) is 0 Å². The van der Waals surface area contributed by atoms with Crippen molar-refractivity contribution in [2.24, 2.45) is 0 Å². The Morgan fingerprint density at radius 1 is 0.917 bits per heavy atom. The molecule has 2 N–H and O–H groups in total. The minimum Gasteiger partial charge on any atom is -0.508 e. The maximum absolute atomic E-state index is 11.8. The highest BCUT2D eigenvalue weighted by Gasteiger charge is 2.05. The molecule has 0 heterocycles. The summed E-state index contributed by atoms with van der Waals surface area (Å²) in [6.07, 6.45) is 5.55. The van der Waals surface area contributed by atoms with Gasteiger partial charge in [0.15, 0.2) is 11.6 Å². The Morgan fingerprint density at radius 2 is 1.54 bits per heavy atom. The summed E-state index contributed by atoms with van der Waals surface area (Å²) in [7, 11) is 0. The molecular weight excluding hydrogens is 372 g/mol. The highest BCUT2D eigenvalue weighted by molar-refractivity contribution is 9.10. The standard InChI is InChI=1S/C19H15BrO4/c20-19-14(2-1-3-18(19)24)7-11-17(23)12-16(22)10-6-13-4-8-15(21)9-5-13/h1-11,21,24H,12H2. The monoisotopic (exact) mass is 386 g/mol. The van der Waals surface area contributed by atoms with E-state index in [9.17, 15) is 19.8 Å². The van der Waals surface area contributed by atoms with E-state index < -0.39 is 0 Å². The lowest BCUT2D eigenvalue weighted by molar-refractivity contribution is -0.121. The zero-order valence-electron chi connectivity index (χ0n) is 12.6. The van der Waals surface area contributed by atoms with Gasteiger partial charge in [0.1, 0.15) is 11.5 Å². The lowest BCUT2D eigenvalue weighted by Gasteiger charge is -2.00. The van der Waals surface area contributed by atoms with Crippen LogP contribution in [0.1, 0.15) is 17.5 Å². The average Bonchev–Trinajstić information content (AvgIpc) is 2.56. The lowest BCUT2D eigenvalue weighted by atomic mass is 10.1. The molecule has 122 valence electrons. The molecule has 2 aromatic carbocycles. The number of phenols is 2. The topological polar surface area (TPSA) is 74.6 Å². The molecule has 0 saturated carbocycles. The molecule has 0 fully saturated rings. The van der Waals surface area contributed by atoms with Crippen molar-refractivity contribution in [3.05, 3.63) is 70.2 Å². The van der Waals surface area contributed by atoms with E-state index in [1.807, 2.05) is 0 Å². The first kappa shape index (κ1) is 17.7. The van der Waals surface area contributed by atoms with Gasteiger partial charge in [0, 0.05) is 0 Å². The van der Waals surface area contributed by atoms with Crippen LogP contribution in [0.3, 0.4) is 0 Å². The van der Waals surface area contributed by atoms with Crippen LogP contribution in [0.2, 0.25) is 0 Å². The number of aromatic hydroxyl groups is 2. The first-order chi connectivity index (χ1) is 11.5. The molecule has 0 aliphatic rings. The highest BCUT2D eigenvalue weighted by atomic mass is 79.9. The summed E-state index contributed by atoms with van der Waals surface area (Å²) in [6, 6.07) is 11.3. The number of carbonyl (C=O) groups is 2. The van der Waals surface area contributed by atoms with Crippen molar-refractivity contribution in [3.63, 3.8) is 0 Å². The minimum absolute atomic E-state index is 0.0810. The van der Waals surface area contributed by atoms with Gasteiger partial charge in [-0.15, -0.1) is 0 Å². The summed E-state index contributed by atoms with van der Waals surface area (Å²) in [5.74, 6) is -0.410. The van der Waals surface area contributed by atoms with Crippen molar-refractivity contribution in [2.45, 2.75) is 6.42 Å². The van der Waals surface area contributed by atoms with Crippen molar-refractivity contribution in [1.82, 2.24) is 0 Å². The van der Waals surface area contributed by atoms with E-state index in [1.165, 1.54) is 30.4 Å². The smallest absolute Gasteiger partial charge is 0.163 e. The van der Waals surface area contributed by atoms with Crippen LogP contribution in [0.5, 0.6) is 11.5 Å². The van der Waals surface area contributed by atoms with Crippen LogP contribution in [0, 0.1) is 0 Å². The van der Waals surface area contributed by atoms with Gasteiger partial charge in [0.2, 0.25) is 0 Å². The largest absolute Gasteiger partial charge is 0.508 e. The van der Waals surface area contributed by atoms with Crippen molar-refractivity contribution in [1.29, 1.82) is 0 Å². The van der Waals surface area contributed by atoms with Crippen molar-refractivity contribution < 1.29 is 19.8 Å². The average molecular weight is 387 g/mol. The van der Waals surface area contributed by atoms with Crippen molar-refractivity contribution in [3.8, 4) is 11.5 Å². The molecule has 0 atom stereocenters. The zero-order valence-corrected chi connectivity index (χ0v) is 14.2. The fourth-order valence-corrected chi connectivity index (χ4v) is 2.31. The van der Waals surface area contributed by atoms with E-state index in [2.05, 4.69) is 15.9 Å². The molecule has 0 unspecified atom stereocenters. The van der Waals surface area contributed by atoms with Crippen LogP contribution in [0.25, 0.3) is 12.2 Å². The summed E-state index contributed by atoms with van der Waals surface area (Å²) in [4.78, 5) is 23.6. The van der Waals surface area contributed by atoms with Gasteiger partial charge >= 0.3 is 0 Å². The molecule has 0 aromatic heterocycles. The van der Waals surface area contributed by atoms with Gasteiger partial charge in [-0.1, -0.05) is 36.4 Å². The predicted molar refractivity (Wildman–Crippen MR) is 96.6 cm³/mol. The highest BCUT2D eigenvalue weighted by Crippen LogP contribution is 2.28. The Kier molecular flexibility index (Phi) is 6.09. The van der Waals surface area contributed by atoms with Crippen LogP contribution < -0.4 is 0 Å². The lowest BCUT2D eigenvalue weighted by Crippen LogP contribution is -2.01. The van der Waals surface area contributed by atoms with Crippen LogP contribution in [0.4, 0.5) is 0 Å². The van der Waals surface area contributed by atoms with Gasteiger partial charge in [0.25, 0.3) is 0 Å². The number of halogens is 1. The number of benzene rings is 2. The molecule has 5 heteroatoms. The van der Waals surface area contributed by atoms with Crippen molar-refractivity contribution >= 4 is 39.6 Å². The molecule has 24 heavy (non-hydrogen) atoms. The number of hydrogen-bond donors (Lipinski definition) is 2. The van der Waals surface area contributed by atoms with Crippen molar-refractivity contribution in [2.75, 3.05) is 0 Å². The number of rotatable bonds is 6. The summed E-state index contributed by atoms with van der Waals surface area (Å²) >= 11 is 3.23. The number of ketones is 2. The van der Waals surface area contributed by atoms with Gasteiger partial charge in [0.05, 0.1) is 10.9 Å². The second-order valence-electron chi connectivity index (χ2n) is 5.05. The molecular formula is C19H15BrO4. The first-order valence-corrected chi connectivity index (χ1v) is 7.93. The minimum atomic E-state index is -0.328. The summed E-state index contributed by atoms with van der Waals surface area (Å²) in [5, 5.41) is 18.7. The van der Waals surface area contributed by atoms with E-state index in [-0.39, 0.29) is 29.5 Å². The molecule has 0 radical (unpaired) electrons. The third kappa shape index (κ3) is 5.21. The number of hydrogen-bond acceptors (Lipinski definition) is 4. The molecule has 0 spiro atoms. The van der Waals surface area contributed by atoms with Gasteiger partial charge in [-0.2, -0.15) is 0 Å². The van der Waals surface area contributed by atoms with E-state index in [4.69, 9.17) is 0 Å². The third-order valence-corrected chi connectivity index (χ3v) is 4.02. The van der Waals surface area contributed by atoms with E-state index in [0.717, 1.165) is 5.56 Å². The molecule has 2 rings (SSSR count). The molecule has 0 saturated heterocycles. The molecule has 0 aliphatic carbocycles. The summed E-state index contributed by atoms with van der Waals surface area (Å²) in [5.41, 5.74) is 1.41. The van der Waals surface area contributed by atoms with E-state index >= 15 is 0 Å². The quantitative estimate of drug-likeness (QED) is 0.578. The molecule has 0 amide bonds. The second-order valence-corrected chi connectivity index (χ2v) is 5.84. The fraction of sp³-hybridized carbons (Fsp3) is 0.0526. The predicted octanol–water partition coefficient (Wildman–Crippen LogP) is 4.12. The van der Waals surface area contributed by atoms with Gasteiger partial charge in [-0.05, 0) is 57.4 Å². The first-order valence-electron chi connectivity index (χ1n) is 7.14. The van der Waals surface area contributed by atoms with E-state index in [1.54, 1.807) is 36.4 Å². The Labute approximate surface area is 147 Å². The third-order valence-electron chi connectivity index (χ3n) is 3.16. The normalized spacial score (nSPS) is 11.2. The van der Waals surface area contributed by atoms with Crippen LogP contribution in [-0.4, -0.2) is 21.8 Å². The molecule has 2 aromatic rings. The Balaban J connectivity index is 1.94. The Hall–Kier alpha value is -2.66. The van der Waals surface area contributed by atoms with Gasteiger partial charge < -0.3 is 10.2 Å². The maximum atomic E-state index is 11.8. The number of carbonyl (C=O) groups excluding carboxylic acids is 2. The Morgan fingerprint density at radius 3 is 2.21 bits per heavy atom. The summed E-state index contributed by atoms with van der Waals surface area (Å²) in [6.45, 7) is 0. The van der Waals surface area contributed by atoms with Gasteiger partial charge in [-0.3, -0.25) is 9.59 Å². The SMILES string of the molecule is O=C(C=Cc1ccc(O)cc1)CC(=O)C=Cc1cccc(O)c1Br. The second kappa shape index (κ2) is 8.26. The van der Waals surface area contributed by atoms with Crippen LogP contribution >= 0.6 is 15.9 Å². The number of phenolic OH excluding ortho intramolecular Hbond substituents is 2. The van der Waals surface area contributed by atoms with Crippen LogP contribution in [-0.2, 0) is 9.59 Å². The van der Waals surface area contributed by atoms with Crippen LogP contribution in [0.15, 0.2) is 59.1 Å². The molecule has 0 aliphatic heterocycles. The molecule has 0 bridgehead atoms. The summed E-state index contributed by atoms with van der Waals surface area (Å²) < 4.78 is 0.493. The molecule has 4 nitrogen and oxygen atoms in total. The zero-order chi connectivity index (χ0) is 17.5. The van der Waals surface area contributed by atoms with E-state index in [0.29, 0.717) is 10.0 Å². The Bertz CT molecular complexity index is 805.